The highest BCUT2D eigenvalue weighted by molar-refractivity contribution is 5.97. The summed E-state index contributed by atoms with van der Waals surface area (Å²) in [5.74, 6) is -0.566. The molecule has 8 heteroatoms. The van der Waals surface area contributed by atoms with Gasteiger partial charge in [0.1, 0.15) is 0 Å². The molecule has 0 saturated carbocycles. The number of carbonyl (C=O) groups is 1. The van der Waals surface area contributed by atoms with Gasteiger partial charge >= 0.3 is 6.18 Å². The van der Waals surface area contributed by atoms with Gasteiger partial charge in [0.15, 0.2) is 5.84 Å². The van der Waals surface area contributed by atoms with Crippen molar-refractivity contribution in [1.82, 2.24) is 0 Å². The predicted octanol–water partition coefficient (Wildman–Crippen LogP) is 3.37. The van der Waals surface area contributed by atoms with Gasteiger partial charge in [-0.05, 0) is 25.1 Å². The normalized spacial score (nSPS) is 13.2. The molecular weight excluding hydrogens is 335 g/mol. The maximum Gasteiger partial charge on any atom is 0.416 e. The maximum absolute atomic E-state index is 12.7. The number of halogens is 3. The number of amidine groups is 1. The molecule has 1 amide bonds. The van der Waals surface area contributed by atoms with E-state index in [1.54, 1.807) is 24.3 Å². The number of amides is 1. The molecule has 0 fully saturated rings. The quantitative estimate of drug-likeness (QED) is 0.493. The van der Waals surface area contributed by atoms with E-state index in [0.717, 1.165) is 12.1 Å². The monoisotopic (exact) mass is 351 g/mol. The molecule has 0 aliphatic rings. The van der Waals surface area contributed by atoms with E-state index in [-0.39, 0.29) is 11.5 Å². The van der Waals surface area contributed by atoms with E-state index >= 15 is 0 Å². The van der Waals surface area contributed by atoms with Crippen LogP contribution >= 0.6 is 0 Å². The lowest BCUT2D eigenvalue weighted by atomic mass is 10.2. The number of hydrogen-bond donors (Lipinski definition) is 2. The highest BCUT2D eigenvalue weighted by atomic mass is 19.4. The molecule has 1 atom stereocenters. The zero-order valence-electron chi connectivity index (χ0n) is 13.2. The van der Waals surface area contributed by atoms with Gasteiger partial charge in [-0.2, -0.15) is 13.2 Å². The van der Waals surface area contributed by atoms with Crippen molar-refractivity contribution in [2.75, 3.05) is 5.32 Å². The SMILES string of the molecule is CC(O/N=C(\N)c1ccccc1)C(=O)Nc1cccc(C(F)(F)F)c1. The van der Waals surface area contributed by atoms with Gasteiger partial charge in [0.05, 0.1) is 5.56 Å². The standard InChI is InChI=1S/C17H16F3N3O2/c1-11(25-23-15(21)12-6-3-2-4-7-12)16(24)22-14-9-5-8-13(10-14)17(18,19)20/h2-11H,1H3,(H2,21,23)(H,22,24). The third-order valence-electron chi connectivity index (χ3n) is 3.21. The van der Waals surface area contributed by atoms with Crippen molar-refractivity contribution in [3.63, 3.8) is 0 Å². The van der Waals surface area contributed by atoms with E-state index in [1.807, 2.05) is 6.07 Å². The van der Waals surface area contributed by atoms with Crippen molar-refractivity contribution < 1.29 is 22.8 Å². The molecule has 0 heterocycles. The summed E-state index contributed by atoms with van der Waals surface area (Å²) in [6.45, 7) is 1.41. The summed E-state index contributed by atoms with van der Waals surface area (Å²) in [7, 11) is 0. The molecule has 132 valence electrons. The minimum absolute atomic E-state index is 0.00952. The van der Waals surface area contributed by atoms with Crippen LogP contribution in [0.1, 0.15) is 18.1 Å². The smallest absolute Gasteiger partial charge is 0.381 e. The van der Waals surface area contributed by atoms with E-state index in [2.05, 4.69) is 10.5 Å². The van der Waals surface area contributed by atoms with Gasteiger partial charge in [0, 0.05) is 11.3 Å². The molecule has 0 spiro atoms. The molecule has 0 aliphatic heterocycles. The average Bonchev–Trinajstić information content (AvgIpc) is 2.59. The van der Waals surface area contributed by atoms with Gasteiger partial charge < -0.3 is 15.9 Å². The number of alkyl halides is 3. The molecule has 2 rings (SSSR count). The Bertz CT molecular complexity index is 761. The highest BCUT2D eigenvalue weighted by Crippen LogP contribution is 2.30. The van der Waals surface area contributed by atoms with Crippen LogP contribution in [0.15, 0.2) is 59.8 Å². The van der Waals surface area contributed by atoms with Crippen LogP contribution in [0.5, 0.6) is 0 Å². The van der Waals surface area contributed by atoms with Gasteiger partial charge in [0.2, 0.25) is 6.10 Å². The van der Waals surface area contributed by atoms with Crippen LogP contribution in [0, 0.1) is 0 Å². The lowest BCUT2D eigenvalue weighted by Gasteiger charge is -2.13. The third-order valence-corrected chi connectivity index (χ3v) is 3.21. The number of nitrogens with one attached hydrogen (secondary N) is 1. The second kappa shape index (κ2) is 7.69. The van der Waals surface area contributed by atoms with Crippen LogP contribution in [-0.4, -0.2) is 17.8 Å². The minimum Gasteiger partial charge on any atom is -0.381 e. The zero-order chi connectivity index (χ0) is 18.4. The molecule has 2 aromatic rings. The van der Waals surface area contributed by atoms with Crippen LogP contribution < -0.4 is 11.1 Å². The minimum atomic E-state index is -4.49. The summed E-state index contributed by atoms with van der Waals surface area (Å²) >= 11 is 0. The van der Waals surface area contributed by atoms with E-state index < -0.39 is 23.8 Å². The summed E-state index contributed by atoms with van der Waals surface area (Å²) in [4.78, 5) is 17.0. The number of oxime groups is 1. The van der Waals surface area contributed by atoms with Crippen LogP contribution in [0.2, 0.25) is 0 Å². The Morgan fingerprint density at radius 1 is 1.16 bits per heavy atom. The first-order chi connectivity index (χ1) is 11.8. The van der Waals surface area contributed by atoms with Crippen molar-refractivity contribution in [3.05, 3.63) is 65.7 Å². The van der Waals surface area contributed by atoms with E-state index in [1.165, 1.54) is 19.1 Å². The lowest BCUT2D eigenvalue weighted by Crippen LogP contribution is -2.27. The van der Waals surface area contributed by atoms with E-state index in [9.17, 15) is 18.0 Å². The first-order valence-corrected chi connectivity index (χ1v) is 7.30. The van der Waals surface area contributed by atoms with Crippen molar-refractivity contribution in [2.24, 2.45) is 10.9 Å². The fraction of sp³-hybridized carbons (Fsp3) is 0.176. The summed E-state index contributed by atoms with van der Waals surface area (Å²) in [5, 5.41) is 6.01. The van der Waals surface area contributed by atoms with Crippen LogP contribution in [0.3, 0.4) is 0 Å². The Labute approximate surface area is 142 Å². The molecule has 5 nitrogen and oxygen atoms in total. The van der Waals surface area contributed by atoms with E-state index in [4.69, 9.17) is 10.6 Å². The summed E-state index contributed by atoms with van der Waals surface area (Å²) < 4.78 is 38.0. The molecule has 0 bridgehead atoms. The van der Waals surface area contributed by atoms with Crippen molar-refractivity contribution in [2.45, 2.75) is 19.2 Å². The molecule has 3 N–H and O–H groups in total. The summed E-state index contributed by atoms with van der Waals surface area (Å²) in [5.41, 5.74) is 5.50. The van der Waals surface area contributed by atoms with Gasteiger partial charge in [-0.1, -0.05) is 41.6 Å². The Morgan fingerprint density at radius 3 is 2.48 bits per heavy atom. The highest BCUT2D eigenvalue weighted by Gasteiger charge is 2.30. The Morgan fingerprint density at radius 2 is 1.84 bits per heavy atom. The number of anilines is 1. The van der Waals surface area contributed by atoms with Gasteiger partial charge in [-0.25, -0.2) is 0 Å². The van der Waals surface area contributed by atoms with E-state index in [0.29, 0.717) is 5.56 Å². The topological polar surface area (TPSA) is 76.7 Å². The largest absolute Gasteiger partial charge is 0.416 e. The number of rotatable bonds is 5. The zero-order valence-corrected chi connectivity index (χ0v) is 13.2. The molecule has 0 saturated heterocycles. The van der Waals surface area contributed by atoms with Gasteiger partial charge in [-0.15, -0.1) is 0 Å². The third kappa shape index (κ3) is 5.23. The Balaban J connectivity index is 1.99. The molecule has 25 heavy (non-hydrogen) atoms. The number of nitrogens with zero attached hydrogens (tertiary/aromatic N) is 1. The van der Waals surface area contributed by atoms with Gasteiger partial charge in [-0.3, -0.25) is 4.79 Å². The fourth-order valence-corrected chi connectivity index (χ4v) is 1.86. The lowest BCUT2D eigenvalue weighted by molar-refractivity contribution is -0.137. The Hall–Kier alpha value is -3.03. The van der Waals surface area contributed by atoms with Crippen molar-refractivity contribution in [1.29, 1.82) is 0 Å². The number of hydrogen-bond acceptors (Lipinski definition) is 3. The molecule has 0 radical (unpaired) electrons. The second-order valence-electron chi connectivity index (χ2n) is 5.16. The Kier molecular flexibility index (Phi) is 5.63. The second-order valence-corrected chi connectivity index (χ2v) is 5.16. The molecule has 1 unspecified atom stereocenters. The maximum atomic E-state index is 12.7. The van der Waals surface area contributed by atoms with Crippen LogP contribution in [-0.2, 0) is 15.8 Å². The molecule has 0 aromatic heterocycles. The molecule has 2 aromatic carbocycles. The fourth-order valence-electron chi connectivity index (χ4n) is 1.86. The number of benzene rings is 2. The first kappa shape index (κ1) is 18.3. The summed E-state index contributed by atoms with van der Waals surface area (Å²) in [6.07, 6.45) is -5.53. The predicted molar refractivity (Wildman–Crippen MR) is 87.8 cm³/mol. The van der Waals surface area contributed by atoms with Crippen LogP contribution in [0.4, 0.5) is 18.9 Å². The van der Waals surface area contributed by atoms with Crippen LogP contribution in [0.25, 0.3) is 0 Å². The average molecular weight is 351 g/mol. The molecular formula is C17H16F3N3O2. The van der Waals surface area contributed by atoms with Crippen molar-refractivity contribution >= 4 is 17.4 Å². The van der Waals surface area contributed by atoms with Gasteiger partial charge in [0.25, 0.3) is 5.91 Å². The van der Waals surface area contributed by atoms with Crippen molar-refractivity contribution in [3.8, 4) is 0 Å². The number of nitrogens with two attached hydrogens (primary N) is 1. The first-order valence-electron chi connectivity index (χ1n) is 7.30. The molecule has 0 aliphatic carbocycles. The summed E-state index contributed by atoms with van der Waals surface area (Å²) in [6, 6.07) is 13.1. The number of carbonyl (C=O) groups excluding carboxylic acids is 1.